The van der Waals surface area contributed by atoms with E-state index in [0.29, 0.717) is 0 Å². The van der Waals surface area contributed by atoms with Crippen molar-refractivity contribution >= 4 is 8.32 Å². The van der Waals surface area contributed by atoms with Crippen LogP contribution in [0.2, 0.25) is 18.1 Å². The van der Waals surface area contributed by atoms with Gasteiger partial charge >= 0.3 is 0 Å². The highest BCUT2D eigenvalue weighted by atomic mass is 28.4. The molecule has 1 N–H and O–H groups in total. The first-order chi connectivity index (χ1) is 9.12. The summed E-state index contributed by atoms with van der Waals surface area (Å²) in [7, 11) is -1.63. The monoisotopic (exact) mass is 296 g/mol. The molecular formula is C17H32O2Si. The maximum absolute atomic E-state index is 10.5. The van der Waals surface area contributed by atoms with E-state index in [4.69, 9.17) is 4.43 Å². The van der Waals surface area contributed by atoms with Crippen molar-refractivity contribution < 1.29 is 9.53 Å². The second kappa shape index (κ2) is 6.59. The van der Waals surface area contributed by atoms with Crippen LogP contribution in [0.3, 0.4) is 0 Å². The van der Waals surface area contributed by atoms with E-state index in [0.717, 1.165) is 32.3 Å². The van der Waals surface area contributed by atoms with Crippen LogP contribution in [-0.4, -0.2) is 25.6 Å². The normalized spacial score (nSPS) is 27.6. The zero-order valence-corrected chi connectivity index (χ0v) is 14.9. The summed E-state index contributed by atoms with van der Waals surface area (Å²) in [6.45, 7) is 16.0. The van der Waals surface area contributed by atoms with Crippen LogP contribution in [0.25, 0.3) is 0 Å². The number of allylic oxidation sites excluding steroid dienone is 1. The van der Waals surface area contributed by atoms with Gasteiger partial charge in [-0.25, -0.2) is 0 Å². The Hall–Kier alpha value is -0.383. The average Bonchev–Trinajstić information content (AvgIpc) is 2.35. The highest BCUT2D eigenvalue weighted by Gasteiger charge is 2.37. The topological polar surface area (TPSA) is 29.5 Å². The summed E-state index contributed by atoms with van der Waals surface area (Å²) in [4.78, 5) is 0. The fourth-order valence-electron chi connectivity index (χ4n) is 2.42. The van der Waals surface area contributed by atoms with Gasteiger partial charge in [-0.2, -0.15) is 0 Å². The molecule has 0 radical (unpaired) electrons. The van der Waals surface area contributed by atoms with E-state index in [2.05, 4.69) is 46.5 Å². The Labute approximate surface area is 126 Å². The van der Waals surface area contributed by atoms with Crippen LogP contribution < -0.4 is 0 Å². The largest absolute Gasteiger partial charge is 0.417 e. The number of aliphatic hydroxyl groups is 1. The molecule has 0 aliphatic heterocycles. The quantitative estimate of drug-likeness (QED) is 0.438. The molecule has 0 spiro atoms. The second-order valence-electron chi connectivity index (χ2n) is 7.52. The van der Waals surface area contributed by atoms with Gasteiger partial charge in [-0.15, -0.1) is 0 Å². The fourth-order valence-corrected chi connectivity index (χ4v) is 3.51. The first-order valence-electron chi connectivity index (χ1n) is 7.80. The molecule has 0 aromatic rings. The van der Waals surface area contributed by atoms with E-state index in [1.807, 2.05) is 6.08 Å². The van der Waals surface area contributed by atoms with Crippen LogP contribution in [0.4, 0.5) is 0 Å². The van der Waals surface area contributed by atoms with E-state index < -0.39 is 13.9 Å². The minimum Gasteiger partial charge on any atom is -0.417 e. The third-order valence-corrected chi connectivity index (χ3v) is 9.55. The van der Waals surface area contributed by atoms with E-state index in [-0.39, 0.29) is 11.0 Å². The summed E-state index contributed by atoms with van der Waals surface area (Å²) < 4.78 is 6.20. The minimum absolute atomic E-state index is 0.266. The van der Waals surface area contributed by atoms with Crippen molar-refractivity contribution in [1.82, 2.24) is 0 Å². The summed E-state index contributed by atoms with van der Waals surface area (Å²) >= 11 is 0. The molecule has 0 amide bonds. The molecule has 0 fully saturated rings. The molecule has 0 aromatic heterocycles. The van der Waals surface area contributed by atoms with E-state index in [9.17, 15) is 5.11 Å². The van der Waals surface area contributed by atoms with Crippen LogP contribution >= 0.6 is 0 Å². The molecular weight excluding hydrogens is 264 g/mol. The highest BCUT2D eigenvalue weighted by Crippen LogP contribution is 2.37. The predicted molar refractivity (Wildman–Crippen MR) is 89.4 cm³/mol. The first-order valence-corrected chi connectivity index (χ1v) is 10.7. The SMILES string of the molecule is C=C[C@]1(O)C=CCC[C@@H]1CCCO[Si](C)(C)C(C)(C)C. The lowest BCUT2D eigenvalue weighted by Crippen LogP contribution is -2.41. The lowest BCUT2D eigenvalue weighted by atomic mass is 9.77. The van der Waals surface area contributed by atoms with Crippen molar-refractivity contribution in [2.45, 2.75) is 70.2 Å². The molecule has 20 heavy (non-hydrogen) atoms. The van der Waals surface area contributed by atoms with Gasteiger partial charge in [-0.3, -0.25) is 0 Å². The van der Waals surface area contributed by atoms with Crippen LogP contribution in [0, 0.1) is 5.92 Å². The summed E-state index contributed by atoms with van der Waals surface area (Å²) in [5.41, 5.74) is -0.810. The number of rotatable bonds is 6. The second-order valence-corrected chi connectivity index (χ2v) is 12.3. The maximum Gasteiger partial charge on any atom is 0.191 e. The van der Waals surface area contributed by atoms with Gasteiger partial charge in [0.1, 0.15) is 5.60 Å². The maximum atomic E-state index is 10.5. The summed E-state index contributed by atoms with van der Waals surface area (Å²) in [6, 6.07) is 0. The van der Waals surface area contributed by atoms with E-state index >= 15 is 0 Å². The van der Waals surface area contributed by atoms with Crippen molar-refractivity contribution in [2.75, 3.05) is 6.61 Å². The predicted octanol–water partition coefficient (Wildman–Crippen LogP) is 4.67. The van der Waals surface area contributed by atoms with Gasteiger partial charge in [0.05, 0.1) is 0 Å². The molecule has 0 heterocycles. The molecule has 0 saturated heterocycles. The van der Waals surface area contributed by atoms with Gasteiger partial charge in [0.15, 0.2) is 8.32 Å². The third kappa shape index (κ3) is 4.30. The lowest BCUT2D eigenvalue weighted by molar-refractivity contribution is 0.0566. The average molecular weight is 297 g/mol. The highest BCUT2D eigenvalue weighted by molar-refractivity contribution is 6.74. The molecule has 0 aromatic carbocycles. The number of hydrogen-bond acceptors (Lipinski definition) is 2. The summed E-state index contributed by atoms with van der Waals surface area (Å²) in [5.74, 6) is 0.285. The van der Waals surface area contributed by atoms with E-state index in [1.165, 1.54) is 0 Å². The Bertz CT molecular complexity index is 354. The molecule has 116 valence electrons. The molecule has 1 aliphatic rings. The van der Waals surface area contributed by atoms with Crippen LogP contribution in [-0.2, 0) is 4.43 Å². The smallest absolute Gasteiger partial charge is 0.191 e. The van der Waals surface area contributed by atoms with Crippen LogP contribution in [0.1, 0.15) is 46.5 Å². The molecule has 1 rings (SSSR count). The number of hydrogen-bond donors (Lipinski definition) is 1. The van der Waals surface area contributed by atoms with Crippen molar-refractivity contribution in [1.29, 1.82) is 0 Å². The van der Waals surface area contributed by atoms with Gasteiger partial charge in [0, 0.05) is 6.61 Å². The van der Waals surface area contributed by atoms with Crippen LogP contribution in [0.15, 0.2) is 24.8 Å². The Balaban J connectivity index is 2.42. The van der Waals surface area contributed by atoms with Crippen molar-refractivity contribution in [3.05, 3.63) is 24.8 Å². The molecule has 2 nitrogen and oxygen atoms in total. The van der Waals surface area contributed by atoms with Crippen molar-refractivity contribution in [3.8, 4) is 0 Å². The fraction of sp³-hybridized carbons (Fsp3) is 0.765. The molecule has 0 unspecified atom stereocenters. The Morgan fingerprint density at radius 1 is 1.45 bits per heavy atom. The van der Waals surface area contributed by atoms with Crippen molar-refractivity contribution in [3.63, 3.8) is 0 Å². The Morgan fingerprint density at radius 2 is 2.10 bits per heavy atom. The molecule has 2 atom stereocenters. The lowest BCUT2D eigenvalue weighted by Gasteiger charge is -2.37. The molecule has 1 aliphatic carbocycles. The summed E-state index contributed by atoms with van der Waals surface area (Å²) in [6.07, 6.45) is 9.76. The minimum atomic E-state index is -1.63. The Morgan fingerprint density at radius 3 is 2.65 bits per heavy atom. The van der Waals surface area contributed by atoms with Gasteiger partial charge in [0.25, 0.3) is 0 Å². The molecule has 0 saturated carbocycles. The van der Waals surface area contributed by atoms with Gasteiger partial charge in [-0.1, -0.05) is 45.6 Å². The Kier molecular flexibility index (Phi) is 5.82. The van der Waals surface area contributed by atoms with Gasteiger partial charge in [-0.05, 0) is 49.7 Å². The van der Waals surface area contributed by atoms with Crippen LogP contribution in [0.5, 0.6) is 0 Å². The van der Waals surface area contributed by atoms with Gasteiger partial charge < -0.3 is 9.53 Å². The first kappa shape index (κ1) is 17.7. The summed E-state index contributed by atoms with van der Waals surface area (Å²) in [5, 5.41) is 10.8. The van der Waals surface area contributed by atoms with E-state index in [1.54, 1.807) is 6.08 Å². The third-order valence-electron chi connectivity index (χ3n) is 5.01. The van der Waals surface area contributed by atoms with Gasteiger partial charge in [0.2, 0.25) is 0 Å². The zero-order chi connectivity index (χ0) is 15.4. The zero-order valence-electron chi connectivity index (χ0n) is 13.9. The standard InChI is InChI=1S/C17H32O2Si/c1-7-17(18)13-9-8-11-15(17)12-10-14-19-20(5,6)16(2,3)4/h7,9,13,15,18H,1,8,10-12,14H2,2-6H3/t15-,17+/m1/s1. The molecule has 3 heteroatoms. The molecule has 0 bridgehead atoms. The van der Waals surface area contributed by atoms with Crippen molar-refractivity contribution in [2.24, 2.45) is 5.92 Å².